The molecule has 0 spiro atoms. The molecule has 1 aliphatic carbocycles. The fraction of sp³-hybridized carbons (Fsp3) is 0.296. The molecule has 0 atom stereocenters. The molecule has 5 nitrogen and oxygen atoms in total. The van der Waals surface area contributed by atoms with Crippen molar-refractivity contribution in [2.45, 2.75) is 32.6 Å². The van der Waals surface area contributed by atoms with Gasteiger partial charge in [0, 0.05) is 21.6 Å². The van der Waals surface area contributed by atoms with Gasteiger partial charge in [-0.05, 0) is 56.4 Å². The summed E-state index contributed by atoms with van der Waals surface area (Å²) in [5, 5.41) is 0.862. The van der Waals surface area contributed by atoms with Crippen molar-refractivity contribution >= 4 is 33.7 Å². The molecule has 168 valence electrons. The second-order valence-corrected chi connectivity index (χ2v) is 9.64. The Labute approximate surface area is 197 Å². The van der Waals surface area contributed by atoms with Gasteiger partial charge in [-0.2, -0.15) is 0 Å². The van der Waals surface area contributed by atoms with Crippen LogP contribution >= 0.6 is 11.3 Å². The van der Waals surface area contributed by atoms with E-state index in [4.69, 9.17) is 9.73 Å². The first-order valence-electron chi connectivity index (χ1n) is 11.3. The second-order valence-electron chi connectivity index (χ2n) is 8.56. The number of anilines is 1. The summed E-state index contributed by atoms with van der Waals surface area (Å²) in [5.41, 5.74) is 5.93. The summed E-state index contributed by atoms with van der Waals surface area (Å²) in [5.74, 6) is 0.368. The lowest BCUT2D eigenvalue weighted by Crippen LogP contribution is -2.36. The minimum Gasteiger partial charge on any atom is -0.497 e. The van der Waals surface area contributed by atoms with E-state index in [1.165, 1.54) is 10.4 Å². The van der Waals surface area contributed by atoms with E-state index in [1.807, 2.05) is 6.07 Å². The van der Waals surface area contributed by atoms with Crippen molar-refractivity contribution in [3.63, 3.8) is 0 Å². The van der Waals surface area contributed by atoms with E-state index in [-0.39, 0.29) is 24.8 Å². The van der Waals surface area contributed by atoms with Crippen LogP contribution in [0.3, 0.4) is 0 Å². The Hall–Kier alpha value is -3.25. The number of hydrogen-bond acceptors (Lipinski definition) is 5. The van der Waals surface area contributed by atoms with Gasteiger partial charge in [0.2, 0.25) is 5.91 Å². The molecule has 0 bridgehead atoms. The van der Waals surface area contributed by atoms with Gasteiger partial charge in [0.15, 0.2) is 5.78 Å². The van der Waals surface area contributed by atoms with Crippen LogP contribution in [0.5, 0.6) is 5.75 Å². The van der Waals surface area contributed by atoms with E-state index in [1.54, 1.807) is 47.6 Å². The second kappa shape index (κ2) is 8.94. The van der Waals surface area contributed by atoms with Crippen LogP contribution in [0.4, 0.5) is 5.00 Å². The van der Waals surface area contributed by atoms with Crippen LogP contribution < -0.4 is 9.64 Å². The third kappa shape index (κ3) is 4.11. The first kappa shape index (κ1) is 21.6. The lowest BCUT2D eigenvalue weighted by molar-refractivity contribution is -0.117. The highest BCUT2D eigenvalue weighted by Crippen LogP contribution is 2.42. The number of carbonyl (C=O) groups excluding carboxylic acids is 2. The van der Waals surface area contributed by atoms with Crippen molar-refractivity contribution in [3.05, 3.63) is 81.2 Å². The lowest BCUT2D eigenvalue weighted by atomic mass is 9.91. The van der Waals surface area contributed by atoms with Gasteiger partial charge in [0.05, 0.1) is 19.4 Å². The van der Waals surface area contributed by atoms with E-state index in [9.17, 15) is 9.59 Å². The number of benzene rings is 2. The first-order valence-corrected chi connectivity index (χ1v) is 12.1. The zero-order valence-electron chi connectivity index (χ0n) is 18.9. The summed E-state index contributed by atoms with van der Waals surface area (Å²) in [7, 11) is 1.58. The van der Waals surface area contributed by atoms with E-state index in [0.29, 0.717) is 11.3 Å². The van der Waals surface area contributed by atoms with Crippen molar-refractivity contribution in [1.82, 2.24) is 0 Å². The number of thiophene rings is 1. The highest BCUT2D eigenvalue weighted by Gasteiger charge is 2.33. The average Bonchev–Trinajstić information content (AvgIpc) is 3.15. The molecule has 0 fully saturated rings. The van der Waals surface area contributed by atoms with Gasteiger partial charge < -0.3 is 4.74 Å². The highest BCUT2D eigenvalue weighted by molar-refractivity contribution is 7.17. The van der Waals surface area contributed by atoms with Gasteiger partial charge in [-0.3, -0.25) is 19.5 Å². The minimum absolute atomic E-state index is 0.00495. The molecule has 2 heterocycles. The molecule has 33 heavy (non-hydrogen) atoms. The number of aryl methyl sites for hydroxylation is 2. The normalized spacial score (nSPS) is 15.4. The largest absolute Gasteiger partial charge is 0.497 e. The summed E-state index contributed by atoms with van der Waals surface area (Å²) in [6.45, 7) is 2.09. The molecule has 6 heteroatoms. The Morgan fingerprint density at radius 2 is 1.94 bits per heavy atom. The van der Waals surface area contributed by atoms with Crippen LogP contribution in [0.2, 0.25) is 0 Å². The summed E-state index contributed by atoms with van der Waals surface area (Å²) in [6, 6.07) is 15.4. The molecule has 3 aromatic rings. The molecule has 0 saturated carbocycles. The highest BCUT2D eigenvalue weighted by atomic mass is 32.1. The van der Waals surface area contributed by atoms with Crippen molar-refractivity contribution in [2.75, 3.05) is 25.1 Å². The fourth-order valence-corrected chi connectivity index (χ4v) is 6.04. The number of aliphatic imine (C=N–C) groups is 1. The molecule has 0 N–H and O–H groups in total. The summed E-state index contributed by atoms with van der Waals surface area (Å²) >= 11 is 1.66. The maximum absolute atomic E-state index is 13.3. The van der Waals surface area contributed by atoms with Crippen LogP contribution in [0.15, 0.2) is 53.5 Å². The molecular formula is C27H26N2O3S. The number of amides is 1. The maximum Gasteiger partial charge on any atom is 0.249 e. The third-order valence-electron chi connectivity index (χ3n) is 6.29. The van der Waals surface area contributed by atoms with Gasteiger partial charge in [0.25, 0.3) is 0 Å². The molecule has 2 aliphatic rings. The number of ketones is 1. The average molecular weight is 459 g/mol. The number of fused-ring (bicyclic) bond motifs is 3. The van der Waals surface area contributed by atoms with Crippen molar-refractivity contribution < 1.29 is 14.3 Å². The third-order valence-corrected chi connectivity index (χ3v) is 7.61. The van der Waals surface area contributed by atoms with Crippen LogP contribution in [0.25, 0.3) is 0 Å². The molecule has 0 radical (unpaired) electrons. The van der Waals surface area contributed by atoms with Crippen molar-refractivity contribution in [1.29, 1.82) is 0 Å². The molecule has 1 amide bonds. The summed E-state index contributed by atoms with van der Waals surface area (Å²) < 4.78 is 5.27. The number of ether oxygens (including phenoxy) is 1. The molecule has 2 aromatic carbocycles. The molecule has 0 saturated heterocycles. The Kier molecular flexibility index (Phi) is 5.85. The van der Waals surface area contributed by atoms with Gasteiger partial charge in [-0.25, -0.2) is 0 Å². The number of hydrogen-bond donors (Lipinski definition) is 0. The topological polar surface area (TPSA) is 59.0 Å². The maximum atomic E-state index is 13.3. The monoisotopic (exact) mass is 458 g/mol. The molecule has 0 unspecified atom stereocenters. The van der Waals surface area contributed by atoms with Crippen molar-refractivity contribution in [3.8, 4) is 5.75 Å². The van der Waals surface area contributed by atoms with Crippen LogP contribution in [0, 0.1) is 6.92 Å². The van der Waals surface area contributed by atoms with Gasteiger partial charge in [-0.1, -0.05) is 35.9 Å². The Morgan fingerprint density at radius 1 is 1.12 bits per heavy atom. The van der Waals surface area contributed by atoms with Gasteiger partial charge >= 0.3 is 0 Å². The van der Waals surface area contributed by atoms with Crippen LogP contribution in [0.1, 0.15) is 50.3 Å². The van der Waals surface area contributed by atoms with E-state index in [0.717, 1.165) is 53.1 Å². The smallest absolute Gasteiger partial charge is 0.249 e. The zero-order valence-corrected chi connectivity index (χ0v) is 19.7. The predicted octanol–water partition coefficient (Wildman–Crippen LogP) is 5.01. The minimum atomic E-state index is -0.145. The Bertz CT molecular complexity index is 1270. The molecule has 1 aromatic heterocycles. The molecule has 1 aliphatic heterocycles. The molecular weight excluding hydrogens is 432 g/mol. The standard InChI is InChI=1S/C27H26N2O3S/c1-17-7-5-9-19(13-17)26-25-21-11-3-4-12-23(21)33-27(25)29(24(31)15-28-26)16-22(30)18-8-6-10-20(14-18)32-2/h5-10,13-14H,3-4,11-12,15-16H2,1-2H3. The van der Waals surface area contributed by atoms with Gasteiger partial charge in [0.1, 0.15) is 17.3 Å². The number of nitrogens with zero attached hydrogens (tertiary/aromatic N) is 2. The van der Waals surface area contributed by atoms with E-state index < -0.39 is 0 Å². The first-order chi connectivity index (χ1) is 16.0. The summed E-state index contributed by atoms with van der Waals surface area (Å²) in [4.78, 5) is 34.3. The van der Waals surface area contributed by atoms with Crippen LogP contribution in [-0.2, 0) is 17.6 Å². The Morgan fingerprint density at radius 3 is 2.76 bits per heavy atom. The zero-order chi connectivity index (χ0) is 22.9. The fourth-order valence-electron chi connectivity index (χ4n) is 4.63. The SMILES string of the molecule is COc1cccc(C(=O)CN2C(=O)CN=C(c3cccc(C)c3)c3c2sc2c3CCCC2)c1. The number of carbonyl (C=O) groups is 2. The number of methoxy groups -OCH3 is 1. The van der Waals surface area contributed by atoms with Crippen molar-refractivity contribution in [2.24, 2.45) is 4.99 Å². The van der Waals surface area contributed by atoms with Gasteiger partial charge in [-0.15, -0.1) is 11.3 Å². The van der Waals surface area contributed by atoms with E-state index >= 15 is 0 Å². The number of Topliss-reactive ketones (excluding diaryl/α,β-unsaturated/α-hetero) is 1. The molecule has 5 rings (SSSR count). The van der Waals surface area contributed by atoms with Crippen LogP contribution in [-0.4, -0.2) is 37.6 Å². The Balaban J connectivity index is 1.59. The van der Waals surface area contributed by atoms with E-state index in [2.05, 4.69) is 25.1 Å². The number of rotatable bonds is 5. The summed E-state index contributed by atoms with van der Waals surface area (Å²) in [6.07, 6.45) is 4.28. The lowest BCUT2D eigenvalue weighted by Gasteiger charge is -2.20. The predicted molar refractivity (Wildman–Crippen MR) is 132 cm³/mol. The quantitative estimate of drug-likeness (QED) is 0.505.